The second-order valence-electron chi connectivity index (χ2n) is 11.4. The lowest BCUT2D eigenvalue weighted by molar-refractivity contribution is -0.143. The number of aromatic nitrogens is 1. The van der Waals surface area contributed by atoms with Crippen LogP contribution in [0.2, 0.25) is 0 Å². The number of carbonyl (C=O) groups is 1. The molecule has 6 heteroatoms. The van der Waals surface area contributed by atoms with Crippen molar-refractivity contribution in [2.75, 3.05) is 6.61 Å². The number of aryl methyl sites for hydroxylation is 2. The molecule has 0 spiro atoms. The van der Waals surface area contributed by atoms with Crippen LogP contribution in [0.25, 0.3) is 11.1 Å². The monoisotopic (exact) mass is 524 g/mol. The highest BCUT2D eigenvalue weighted by atomic mass is 16.5. The predicted octanol–water partition coefficient (Wildman–Crippen LogP) is 6.84. The molecule has 0 radical (unpaired) electrons. The summed E-state index contributed by atoms with van der Waals surface area (Å²) in [6.07, 6.45) is 6.88. The number of nitrogens with zero attached hydrogens (tertiary/aromatic N) is 2. The third-order valence-corrected chi connectivity index (χ3v) is 8.31. The Morgan fingerprint density at radius 2 is 1.87 bits per heavy atom. The van der Waals surface area contributed by atoms with Gasteiger partial charge in [-0.15, -0.1) is 0 Å². The molecule has 1 heterocycles. The van der Waals surface area contributed by atoms with Crippen molar-refractivity contribution in [1.29, 1.82) is 5.26 Å². The Hall–Kier alpha value is -3.85. The van der Waals surface area contributed by atoms with Crippen LogP contribution in [-0.2, 0) is 24.2 Å². The maximum absolute atomic E-state index is 11.5. The van der Waals surface area contributed by atoms with Crippen LogP contribution >= 0.6 is 0 Å². The lowest BCUT2D eigenvalue weighted by atomic mass is 9.77. The number of hydrogen-bond acceptors (Lipinski definition) is 5. The van der Waals surface area contributed by atoms with E-state index in [2.05, 4.69) is 55.2 Å². The summed E-state index contributed by atoms with van der Waals surface area (Å²) in [5, 5.41) is 18.7. The van der Waals surface area contributed by atoms with Gasteiger partial charge in [0.1, 0.15) is 12.4 Å². The second-order valence-corrected chi connectivity index (χ2v) is 11.4. The van der Waals surface area contributed by atoms with Crippen molar-refractivity contribution in [3.05, 3.63) is 76.5 Å². The van der Waals surface area contributed by atoms with Crippen LogP contribution in [0.1, 0.15) is 60.4 Å². The number of rotatable bonds is 10. The summed E-state index contributed by atoms with van der Waals surface area (Å²) in [6, 6.07) is 17.0. The summed E-state index contributed by atoms with van der Waals surface area (Å²) >= 11 is 0. The van der Waals surface area contributed by atoms with Crippen LogP contribution < -0.4 is 9.47 Å². The first-order valence-corrected chi connectivity index (χ1v) is 13.8. The number of fused-ring (bicyclic) bond motifs is 1. The van der Waals surface area contributed by atoms with Crippen LogP contribution in [0.3, 0.4) is 0 Å². The first-order chi connectivity index (χ1) is 18.8. The predicted molar refractivity (Wildman–Crippen MR) is 150 cm³/mol. The lowest BCUT2D eigenvalue weighted by Gasteiger charge is -2.27. The number of carboxylic acids is 1. The van der Waals surface area contributed by atoms with E-state index in [0.717, 1.165) is 71.2 Å². The molecule has 0 unspecified atom stereocenters. The van der Waals surface area contributed by atoms with Crippen molar-refractivity contribution in [2.45, 2.75) is 65.9 Å². The molecule has 39 heavy (non-hydrogen) atoms. The average Bonchev–Trinajstić information content (AvgIpc) is 3.69. The fraction of sp³-hybridized carbons (Fsp3) is 0.424. The van der Waals surface area contributed by atoms with Crippen LogP contribution in [-0.4, -0.2) is 22.7 Å². The molecule has 1 fully saturated rings. The van der Waals surface area contributed by atoms with Gasteiger partial charge in [0.2, 0.25) is 5.88 Å². The molecular weight excluding hydrogens is 488 g/mol. The van der Waals surface area contributed by atoms with E-state index in [1.165, 1.54) is 5.56 Å². The summed E-state index contributed by atoms with van der Waals surface area (Å²) in [7, 11) is 0. The van der Waals surface area contributed by atoms with Crippen molar-refractivity contribution in [1.82, 2.24) is 4.98 Å². The molecule has 2 aromatic carbocycles. The number of hydrogen-bond donors (Lipinski definition) is 1. The minimum absolute atomic E-state index is 0.0755. The Morgan fingerprint density at radius 1 is 1.10 bits per heavy atom. The summed E-state index contributed by atoms with van der Waals surface area (Å²) < 4.78 is 12.1. The first kappa shape index (κ1) is 26.7. The van der Waals surface area contributed by atoms with Gasteiger partial charge in [0.05, 0.1) is 24.0 Å². The summed E-state index contributed by atoms with van der Waals surface area (Å²) in [5.41, 5.74) is 7.75. The molecule has 0 aliphatic heterocycles. The number of aliphatic carboxylic acids is 1. The Bertz CT molecular complexity index is 1400. The Kier molecular flexibility index (Phi) is 7.61. The van der Waals surface area contributed by atoms with Gasteiger partial charge in [-0.3, -0.25) is 4.79 Å². The Labute approximate surface area is 230 Å². The minimum atomic E-state index is -0.737. The maximum atomic E-state index is 11.5. The molecule has 202 valence electrons. The largest absolute Gasteiger partial charge is 0.494 e. The van der Waals surface area contributed by atoms with Gasteiger partial charge in [-0.25, -0.2) is 4.98 Å². The summed E-state index contributed by atoms with van der Waals surface area (Å²) in [5.74, 6) is 0.433. The zero-order valence-corrected chi connectivity index (χ0v) is 23.0. The van der Waals surface area contributed by atoms with Crippen LogP contribution in [0.4, 0.5) is 0 Å². The molecule has 1 aromatic heterocycles. The van der Waals surface area contributed by atoms with E-state index in [0.29, 0.717) is 25.5 Å². The van der Waals surface area contributed by atoms with Crippen LogP contribution in [0.5, 0.6) is 11.6 Å². The normalized spacial score (nSPS) is 19.0. The topological polar surface area (TPSA) is 92.4 Å². The first-order valence-electron chi connectivity index (χ1n) is 13.8. The maximum Gasteiger partial charge on any atom is 0.307 e. The van der Waals surface area contributed by atoms with E-state index in [4.69, 9.17) is 9.47 Å². The molecule has 2 aliphatic carbocycles. The number of carboxylic acid groups (broad SMARTS) is 1. The van der Waals surface area contributed by atoms with Gasteiger partial charge in [-0.2, -0.15) is 5.26 Å². The average molecular weight is 525 g/mol. The standard InChI is InChI=1S/C33H36N2O4/c1-21-12-26-17-30(35-18-27(26)16-29(21)32(36)37)39-19-24-6-4-7-25(15-24)31-22(2)13-28(14-23(31)3)38-11-5-8-33(20-34)9-10-33/h4,6-7,13-15,17-18,21,29H,5,8-12,16,19H2,1-3H3,(H,36,37)/t21-,29+/m0/s1. The molecule has 0 saturated heterocycles. The fourth-order valence-electron chi connectivity index (χ4n) is 5.82. The third kappa shape index (κ3) is 6.09. The summed E-state index contributed by atoms with van der Waals surface area (Å²) in [6.45, 7) is 7.25. The molecule has 0 amide bonds. The van der Waals surface area contributed by atoms with Gasteiger partial charge < -0.3 is 14.6 Å². The van der Waals surface area contributed by atoms with Crippen LogP contribution in [0, 0.1) is 42.4 Å². The molecule has 6 nitrogen and oxygen atoms in total. The third-order valence-electron chi connectivity index (χ3n) is 8.31. The van der Waals surface area contributed by atoms with Crippen LogP contribution in [0.15, 0.2) is 48.7 Å². The highest BCUT2D eigenvalue weighted by Gasteiger charge is 2.42. The summed E-state index contributed by atoms with van der Waals surface area (Å²) in [4.78, 5) is 16.0. The van der Waals surface area contributed by atoms with E-state index < -0.39 is 5.97 Å². The Balaban J connectivity index is 1.22. The van der Waals surface area contributed by atoms with E-state index in [1.54, 1.807) is 6.20 Å². The number of pyridine rings is 1. The van der Waals surface area contributed by atoms with Crippen molar-refractivity contribution in [3.63, 3.8) is 0 Å². The minimum Gasteiger partial charge on any atom is -0.494 e. The van der Waals surface area contributed by atoms with E-state index >= 15 is 0 Å². The number of benzene rings is 2. The van der Waals surface area contributed by atoms with E-state index in [1.807, 2.05) is 19.1 Å². The van der Waals surface area contributed by atoms with Crippen molar-refractivity contribution < 1.29 is 19.4 Å². The van der Waals surface area contributed by atoms with Gasteiger partial charge in [-0.05, 0) is 115 Å². The van der Waals surface area contributed by atoms with Crippen molar-refractivity contribution in [2.24, 2.45) is 17.3 Å². The SMILES string of the molecule is Cc1cc(OCCCC2(C#N)CC2)cc(C)c1-c1cccc(COc2cc3c(cn2)C[C@@H](C(=O)O)[C@@H](C)C3)c1. The molecule has 2 atom stereocenters. The Morgan fingerprint density at radius 3 is 2.56 bits per heavy atom. The molecule has 1 N–H and O–H groups in total. The van der Waals surface area contributed by atoms with E-state index in [9.17, 15) is 15.2 Å². The quantitative estimate of drug-likeness (QED) is 0.292. The highest BCUT2D eigenvalue weighted by Crippen LogP contribution is 2.48. The zero-order chi connectivity index (χ0) is 27.6. The van der Waals surface area contributed by atoms with E-state index in [-0.39, 0.29) is 17.3 Å². The molecular formula is C33H36N2O4. The second kappa shape index (κ2) is 11.1. The van der Waals surface area contributed by atoms with Crippen molar-refractivity contribution >= 4 is 5.97 Å². The smallest absolute Gasteiger partial charge is 0.307 e. The van der Waals surface area contributed by atoms with Gasteiger partial charge in [-0.1, -0.05) is 25.1 Å². The fourth-order valence-corrected chi connectivity index (χ4v) is 5.82. The number of ether oxygens (including phenoxy) is 2. The lowest BCUT2D eigenvalue weighted by Crippen LogP contribution is -2.30. The highest BCUT2D eigenvalue weighted by molar-refractivity contribution is 5.72. The molecule has 1 saturated carbocycles. The van der Waals surface area contributed by atoms with Gasteiger partial charge >= 0.3 is 5.97 Å². The van der Waals surface area contributed by atoms with Gasteiger partial charge in [0.15, 0.2) is 0 Å². The number of nitriles is 1. The molecule has 5 rings (SSSR count). The molecule has 3 aromatic rings. The molecule has 0 bridgehead atoms. The van der Waals surface area contributed by atoms with Gasteiger partial charge in [0.25, 0.3) is 0 Å². The molecule has 2 aliphatic rings. The van der Waals surface area contributed by atoms with Gasteiger partial charge in [0, 0.05) is 12.3 Å². The zero-order valence-electron chi connectivity index (χ0n) is 23.0. The van der Waals surface area contributed by atoms with Crippen molar-refractivity contribution in [3.8, 4) is 28.8 Å².